The molecular formula is C15H18N2O2. The number of hydrogen-bond acceptors (Lipinski definition) is 2. The maximum Gasteiger partial charge on any atom is 0.350 e. The molecule has 0 saturated carbocycles. The lowest BCUT2D eigenvalue weighted by Crippen LogP contribution is -2.52. The Bertz CT molecular complexity index is 532. The van der Waals surface area contributed by atoms with Gasteiger partial charge in [0.05, 0.1) is 6.54 Å². The first-order valence-corrected chi connectivity index (χ1v) is 6.19. The topological polar surface area (TPSA) is 41.9 Å². The van der Waals surface area contributed by atoms with Crippen LogP contribution in [0.5, 0.6) is 0 Å². The first kappa shape index (κ1) is 13.3. The van der Waals surface area contributed by atoms with E-state index in [-0.39, 0.29) is 6.03 Å². The van der Waals surface area contributed by atoms with Gasteiger partial charge in [-0.2, -0.15) is 4.99 Å². The van der Waals surface area contributed by atoms with Gasteiger partial charge >= 0.3 is 6.03 Å². The minimum Gasteiger partial charge on any atom is -0.451 e. The number of nitrogens with zero attached hydrogens (tertiary/aromatic N) is 2. The lowest BCUT2D eigenvalue weighted by molar-refractivity contribution is -0.0484. The average Bonchev–Trinajstić information content (AvgIpc) is 2.34. The average molecular weight is 258 g/mol. The molecule has 2 rings (SSSR count). The highest BCUT2D eigenvalue weighted by atomic mass is 16.5. The molecule has 0 saturated heterocycles. The van der Waals surface area contributed by atoms with E-state index < -0.39 is 5.72 Å². The summed E-state index contributed by atoms with van der Waals surface area (Å²) < 4.78 is 5.75. The van der Waals surface area contributed by atoms with E-state index in [2.05, 4.69) is 11.6 Å². The molecule has 0 aromatic heterocycles. The largest absolute Gasteiger partial charge is 0.451 e. The second-order valence-corrected chi connectivity index (χ2v) is 5.10. The van der Waals surface area contributed by atoms with Crippen molar-refractivity contribution in [2.45, 2.75) is 33.0 Å². The van der Waals surface area contributed by atoms with Crippen molar-refractivity contribution in [1.29, 1.82) is 0 Å². The summed E-state index contributed by atoms with van der Waals surface area (Å²) in [4.78, 5) is 17.7. The third kappa shape index (κ3) is 2.84. The molecule has 0 unspecified atom stereocenters. The Kier molecular flexibility index (Phi) is 3.42. The van der Waals surface area contributed by atoms with Crippen molar-refractivity contribution in [1.82, 2.24) is 4.90 Å². The van der Waals surface area contributed by atoms with Gasteiger partial charge in [-0.3, -0.25) is 4.90 Å². The third-order valence-electron chi connectivity index (χ3n) is 2.97. The molecule has 0 radical (unpaired) electrons. The van der Waals surface area contributed by atoms with Crippen LogP contribution in [-0.4, -0.2) is 22.6 Å². The van der Waals surface area contributed by atoms with Crippen LogP contribution in [-0.2, 0) is 11.3 Å². The Morgan fingerprint density at radius 3 is 2.53 bits per heavy atom. The Hall–Kier alpha value is -2.10. The molecular weight excluding hydrogens is 240 g/mol. The van der Waals surface area contributed by atoms with Gasteiger partial charge in [-0.1, -0.05) is 36.9 Å². The van der Waals surface area contributed by atoms with E-state index >= 15 is 0 Å². The van der Waals surface area contributed by atoms with Gasteiger partial charge in [0, 0.05) is 5.57 Å². The molecule has 1 heterocycles. The van der Waals surface area contributed by atoms with Crippen LogP contribution in [0.4, 0.5) is 4.79 Å². The lowest BCUT2D eigenvalue weighted by Gasteiger charge is -2.40. The highest BCUT2D eigenvalue weighted by Gasteiger charge is 2.38. The highest BCUT2D eigenvalue weighted by molar-refractivity contribution is 6.01. The van der Waals surface area contributed by atoms with Gasteiger partial charge in [0.25, 0.3) is 0 Å². The molecule has 0 N–H and O–H groups in total. The zero-order chi connectivity index (χ0) is 14.0. The van der Waals surface area contributed by atoms with E-state index in [0.29, 0.717) is 18.0 Å². The van der Waals surface area contributed by atoms with Gasteiger partial charge in [-0.15, -0.1) is 0 Å². The Morgan fingerprint density at radius 2 is 2.00 bits per heavy atom. The summed E-state index contributed by atoms with van der Waals surface area (Å²) in [7, 11) is 0. The van der Waals surface area contributed by atoms with Crippen molar-refractivity contribution in [3.05, 3.63) is 48.0 Å². The second kappa shape index (κ2) is 4.88. The molecule has 0 aliphatic carbocycles. The molecule has 4 heteroatoms. The van der Waals surface area contributed by atoms with Crippen LogP contribution in [0.3, 0.4) is 0 Å². The molecule has 1 aliphatic heterocycles. The standard InChI is InChI=1S/C15H18N2O2/c1-11(2)13-16-14(18)17(15(3,4)19-13)10-12-8-6-5-7-9-12/h5-9H,1,10H2,2-4H3. The zero-order valence-electron chi connectivity index (χ0n) is 11.5. The Morgan fingerprint density at radius 1 is 1.37 bits per heavy atom. The fourth-order valence-corrected chi connectivity index (χ4v) is 1.90. The summed E-state index contributed by atoms with van der Waals surface area (Å²) in [5.41, 5.74) is 0.963. The van der Waals surface area contributed by atoms with Crippen LogP contribution in [0.2, 0.25) is 0 Å². The van der Waals surface area contributed by atoms with Gasteiger partial charge in [0.2, 0.25) is 5.90 Å². The predicted octanol–water partition coefficient (Wildman–Crippen LogP) is 3.35. The molecule has 0 spiro atoms. The number of ether oxygens (including phenoxy) is 1. The summed E-state index contributed by atoms with van der Waals surface area (Å²) in [6.45, 7) is 9.71. The summed E-state index contributed by atoms with van der Waals surface area (Å²) in [6.07, 6.45) is 0. The monoisotopic (exact) mass is 258 g/mol. The first-order chi connectivity index (χ1) is 8.90. The smallest absolute Gasteiger partial charge is 0.350 e. The number of urea groups is 1. The van der Waals surface area contributed by atoms with Crippen molar-refractivity contribution in [3.8, 4) is 0 Å². The molecule has 1 aromatic rings. The van der Waals surface area contributed by atoms with Gasteiger partial charge in [0.15, 0.2) is 5.72 Å². The van der Waals surface area contributed by atoms with E-state index in [1.54, 1.807) is 11.8 Å². The molecule has 100 valence electrons. The van der Waals surface area contributed by atoms with Gasteiger partial charge in [-0.25, -0.2) is 4.79 Å². The normalized spacial score (nSPS) is 17.7. The maximum absolute atomic E-state index is 12.1. The molecule has 19 heavy (non-hydrogen) atoms. The Labute approximate surface area is 113 Å². The van der Waals surface area contributed by atoms with E-state index in [4.69, 9.17) is 4.74 Å². The van der Waals surface area contributed by atoms with Gasteiger partial charge in [0.1, 0.15) is 0 Å². The van der Waals surface area contributed by atoms with Crippen molar-refractivity contribution in [2.24, 2.45) is 4.99 Å². The summed E-state index contributed by atoms with van der Waals surface area (Å²) in [6, 6.07) is 9.49. The van der Waals surface area contributed by atoms with E-state index in [1.807, 2.05) is 44.2 Å². The number of hydrogen-bond donors (Lipinski definition) is 0. The Balaban J connectivity index is 2.26. The minimum atomic E-state index is -0.733. The van der Waals surface area contributed by atoms with Crippen LogP contribution < -0.4 is 0 Å². The van der Waals surface area contributed by atoms with Crippen LogP contribution >= 0.6 is 0 Å². The molecule has 0 fully saturated rings. The molecule has 0 bridgehead atoms. The van der Waals surface area contributed by atoms with Crippen LogP contribution in [0.1, 0.15) is 26.3 Å². The molecule has 0 atom stereocenters. The molecule has 2 amide bonds. The number of carbonyl (C=O) groups is 1. The maximum atomic E-state index is 12.1. The number of amides is 2. The van der Waals surface area contributed by atoms with E-state index in [0.717, 1.165) is 5.56 Å². The van der Waals surface area contributed by atoms with E-state index in [1.165, 1.54) is 0 Å². The number of aliphatic imine (C=N–C) groups is 1. The number of carbonyl (C=O) groups excluding carboxylic acids is 1. The number of rotatable bonds is 3. The quantitative estimate of drug-likeness (QED) is 0.834. The summed E-state index contributed by atoms with van der Waals surface area (Å²) in [5.74, 6) is 0.319. The molecule has 1 aromatic carbocycles. The number of benzene rings is 1. The molecule has 4 nitrogen and oxygen atoms in total. The summed E-state index contributed by atoms with van der Waals surface area (Å²) in [5, 5.41) is 0. The summed E-state index contributed by atoms with van der Waals surface area (Å²) >= 11 is 0. The third-order valence-corrected chi connectivity index (χ3v) is 2.97. The minimum absolute atomic E-state index is 0.293. The zero-order valence-corrected chi connectivity index (χ0v) is 11.5. The van der Waals surface area contributed by atoms with Crippen LogP contribution in [0.15, 0.2) is 47.5 Å². The van der Waals surface area contributed by atoms with Crippen molar-refractivity contribution < 1.29 is 9.53 Å². The van der Waals surface area contributed by atoms with Gasteiger partial charge in [-0.05, 0) is 26.3 Å². The van der Waals surface area contributed by atoms with Crippen LogP contribution in [0, 0.1) is 0 Å². The fourth-order valence-electron chi connectivity index (χ4n) is 1.90. The van der Waals surface area contributed by atoms with Crippen LogP contribution in [0.25, 0.3) is 0 Å². The van der Waals surface area contributed by atoms with Gasteiger partial charge < -0.3 is 4.74 Å². The second-order valence-electron chi connectivity index (χ2n) is 5.10. The first-order valence-electron chi connectivity index (χ1n) is 6.19. The van der Waals surface area contributed by atoms with E-state index in [9.17, 15) is 4.79 Å². The molecule has 1 aliphatic rings. The lowest BCUT2D eigenvalue weighted by atomic mass is 10.1. The van der Waals surface area contributed by atoms with Crippen molar-refractivity contribution in [2.75, 3.05) is 0 Å². The predicted molar refractivity (Wildman–Crippen MR) is 74.8 cm³/mol. The fraction of sp³-hybridized carbons (Fsp3) is 0.333. The van der Waals surface area contributed by atoms with Crippen molar-refractivity contribution in [3.63, 3.8) is 0 Å². The highest BCUT2D eigenvalue weighted by Crippen LogP contribution is 2.26. The SMILES string of the molecule is C=C(C)C1=NC(=O)N(Cc2ccccc2)C(C)(C)O1. The van der Waals surface area contributed by atoms with Crippen molar-refractivity contribution >= 4 is 11.9 Å².